The Morgan fingerprint density at radius 3 is 2.85 bits per heavy atom. The summed E-state index contributed by atoms with van der Waals surface area (Å²) in [5.74, 6) is -1.04. The first-order valence-electron chi connectivity index (χ1n) is 5.67. The van der Waals surface area contributed by atoms with Gasteiger partial charge in [0.05, 0.1) is 12.6 Å². The third-order valence-corrected chi connectivity index (χ3v) is 3.91. The molecule has 7 nitrogen and oxygen atoms in total. The van der Waals surface area contributed by atoms with Crippen LogP contribution in [-0.4, -0.2) is 33.9 Å². The van der Waals surface area contributed by atoms with Crippen LogP contribution in [0, 0.1) is 0 Å². The minimum atomic E-state index is -1.25. The summed E-state index contributed by atoms with van der Waals surface area (Å²) in [6.07, 6.45) is -2.50. The van der Waals surface area contributed by atoms with Crippen LogP contribution in [0.25, 0.3) is 20.5 Å². The quantitative estimate of drug-likeness (QED) is 0.444. The van der Waals surface area contributed by atoms with Gasteiger partial charge in [-0.25, -0.2) is 4.79 Å². The Labute approximate surface area is 117 Å². The SMILES string of the molecule is [N-]=[N+]=NCC(O)C(O)c1cccc2sc(C(=O)O)cc12. The average Bonchev–Trinajstić information content (AvgIpc) is 2.88. The van der Waals surface area contributed by atoms with Crippen molar-refractivity contribution >= 4 is 27.4 Å². The van der Waals surface area contributed by atoms with E-state index < -0.39 is 18.2 Å². The Morgan fingerprint density at radius 1 is 1.45 bits per heavy atom. The third kappa shape index (κ3) is 2.73. The van der Waals surface area contributed by atoms with Crippen molar-refractivity contribution in [1.29, 1.82) is 0 Å². The lowest BCUT2D eigenvalue weighted by atomic mass is 10.0. The highest BCUT2D eigenvalue weighted by molar-refractivity contribution is 7.20. The maximum absolute atomic E-state index is 11.0. The molecular formula is C12H11N3O4S. The molecule has 8 heteroatoms. The van der Waals surface area contributed by atoms with Gasteiger partial charge in [-0.2, -0.15) is 0 Å². The van der Waals surface area contributed by atoms with Crippen LogP contribution in [0.15, 0.2) is 29.4 Å². The smallest absolute Gasteiger partial charge is 0.345 e. The number of benzene rings is 1. The summed E-state index contributed by atoms with van der Waals surface area (Å²) in [7, 11) is 0. The first kappa shape index (κ1) is 14.3. The molecule has 0 radical (unpaired) electrons. The molecule has 0 fully saturated rings. The normalized spacial score (nSPS) is 13.7. The van der Waals surface area contributed by atoms with Crippen molar-refractivity contribution in [3.8, 4) is 0 Å². The fourth-order valence-corrected chi connectivity index (χ4v) is 2.81. The fraction of sp³-hybridized carbons (Fsp3) is 0.250. The largest absolute Gasteiger partial charge is 0.477 e. The molecule has 1 heterocycles. The molecule has 1 aromatic carbocycles. The van der Waals surface area contributed by atoms with Crippen LogP contribution in [0.5, 0.6) is 0 Å². The van der Waals surface area contributed by atoms with E-state index in [9.17, 15) is 15.0 Å². The van der Waals surface area contributed by atoms with Crippen LogP contribution >= 0.6 is 11.3 Å². The lowest BCUT2D eigenvalue weighted by Crippen LogP contribution is -2.21. The molecule has 0 aliphatic heterocycles. The highest BCUT2D eigenvalue weighted by Gasteiger charge is 2.21. The second kappa shape index (κ2) is 5.89. The third-order valence-electron chi connectivity index (χ3n) is 2.82. The van der Waals surface area contributed by atoms with Crippen molar-refractivity contribution in [2.45, 2.75) is 12.2 Å². The Morgan fingerprint density at radius 2 is 2.20 bits per heavy atom. The van der Waals surface area contributed by atoms with Gasteiger partial charge in [0.1, 0.15) is 11.0 Å². The molecule has 2 atom stereocenters. The maximum atomic E-state index is 11.0. The molecule has 0 saturated heterocycles. The van der Waals surface area contributed by atoms with Crippen LogP contribution < -0.4 is 0 Å². The van der Waals surface area contributed by atoms with Crippen molar-refractivity contribution in [2.75, 3.05) is 6.54 Å². The number of nitrogens with zero attached hydrogens (tertiary/aromatic N) is 3. The molecule has 20 heavy (non-hydrogen) atoms. The topological polar surface area (TPSA) is 127 Å². The number of carboxylic acid groups (broad SMARTS) is 1. The van der Waals surface area contributed by atoms with Crippen molar-refractivity contribution in [1.82, 2.24) is 0 Å². The molecular weight excluding hydrogens is 282 g/mol. The van der Waals surface area contributed by atoms with E-state index in [-0.39, 0.29) is 11.4 Å². The van der Waals surface area contributed by atoms with Gasteiger partial charge in [0.2, 0.25) is 0 Å². The van der Waals surface area contributed by atoms with E-state index in [0.717, 1.165) is 11.3 Å². The summed E-state index contributed by atoms with van der Waals surface area (Å²) in [6.45, 7) is -0.260. The molecule has 0 amide bonds. The summed E-state index contributed by atoms with van der Waals surface area (Å²) in [4.78, 5) is 13.6. The molecule has 2 aromatic rings. The van der Waals surface area contributed by atoms with E-state index in [2.05, 4.69) is 10.0 Å². The molecule has 0 aliphatic rings. The van der Waals surface area contributed by atoms with Crippen LogP contribution in [-0.2, 0) is 0 Å². The van der Waals surface area contributed by atoms with Gasteiger partial charge in [-0.3, -0.25) is 0 Å². The van der Waals surface area contributed by atoms with E-state index >= 15 is 0 Å². The summed E-state index contributed by atoms with van der Waals surface area (Å²) in [5, 5.41) is 32.6. The zero-order valence-corrected chi connectivity index (χ0v) is 11.0. The van der Waals surface area contributed by atoms with E-state index in [1.54, 1.807) is 18.2 Å². The number of hydrogen-bond acceptors (Lipinski definition) is 5. The molecule has 3 N–H and O–H groups in total. The van der Waals surface area contributed by atoms with Gasteiger partial charge in [-0.15, -0.1) is 11.3 Å². The number of aliphatic hydroxyl groups is 2. The van der Waals surface area contributed by atoms with E-state index in [1.165, 1.54) is 6.07 Å². The molecule has 1 aromatic heterocycles. The van der Waals surface area contributed by atoms with Gasteiger partial charge < -0.3 is 15.3 Å². The number of thiophene rings is 1. The number of azide groups is 1. The summed E-state index contributed by atoms with van der Waals surface area (Å²) < 4.78 is 0.704. The molecule has 2 unspecified atom stereocenters. The lowest BCUT2D eigenvalue weighted by Gasteiger charge is -2.17. The highest BCUT2D eigenvalue weighted by Crippen LogP contribution is 2.32. The predicted molar refractivity (Wildman–Crippen MR) is 73.8 cm³/mol. The van der Waals surface area contributed by atoms with Gasteiger partial charge in [-0.1, -0.05) is 17.2 Å². The molecule has 0 aliphatic carbocycles. The van der Waals surface area contributed by atoms with E-state index in [4.69, 9.17) is 10.6 Å². The fourth-order valence-electron chi connectivity index (χ4n) is 1.87. The number of fused-ring (bicyclic) bond motifs is 1. The van der Waals surface area contributed by atoms with Crippen LogP contribution in [0.3, 0.4) is 0 Å². The predicted octanol–water partition coefficient (Wildman–Crippen LogP) is 2.30. The molecule has 0 bridgehead atoms. The van der Waals surface area contributed by atoms with Crippen molar-refractivity contribution in [3.63, 3.8) is 0 Å². The van der Waals surface area contributed by atoms with E-state index in [0.29, 0.717) is 15.6 Å². The number of aromatic carboxylic acids is 1. The van der Waals surface area contributed by atoms with Crippen LogP contribution in [0.2, 0.25) is 0 Å². The minimum absolute atomic E-state index is 0.157. The molecule has 0 saturated carbocycles. The van der Waals surface area contributed by atoms with Crippen LogP contribution in [0.4, 0.5) is 0 Å². The van der Waals surface area contributed by atoms with Crippen LogP contribution in [0.1, 0.15) is 21.3 Å². The van der Waals surface area contributed by atoms with Gasteiger partial charge >= 0.3 is 5.97 Å². The lowest BCUT2D eigenvalue weighted by molar-refractivity contribution is 0.0253. The summed E-state index contributed by atoms with van der Waals surface area (Å²) >= 11 is 1.09. The maximum Gasteiger partial charge on any atom is 0.345 e. The average molecular weight is 293 g/mol. The monoisotopic (exact) mass is 293 g/mol. The highest BCUT2D eigenvalue weighted by atomic mass is 32.1. The van der Waals surface area contributed by atoms with Gasteiger partial charge in [0.25, 0.3) is 0 Å². The number of hydrogen-bond donors (Lipinski definition) is 3. The number of carbonyl (C=O) groups is 1. The molecule has 2 rings (SSSR count). The van der Waals surface area contributed by atoms with Crippen molar-refractivity contribution in [3.05, 3.63) is 45.1 Å². The standard InChI is InChI=1S/C12H11N3O4S/c13-15-14-5-8(16)11(17)6-2-1-3-9-7(6)4-10(20-9)12(18)19/h1-4,8,11,16-17H,5H2,(H,18,19). The summed E-state index contributed by atoms with van der Waals surface area (Å²) in [6, 6.07) is 6.47. The zero-order valence-electron chi connectivity index (χ0n) is 10.2. The summed E-state index contributed by atoms with van der Waals surface area (Å²) in [5.41, 5.74) is 8.61. The van der Waals surface area contributed by atoms with Gasteiger partial charge in [0.15, 0.2) is 0 Å². The number of aliphatic hydroxyl groups excluding tert-OH is 2. The number of rotatable bonds is 5. The Bertz CT molecular complexity index is 693. The first-order valence-corrected chi connectivity index (χ1v) is 6.49. The zero-order chi connectivity index (χ0) is 14.7. The number of carboxylic acids is 1. The Hall–Kier alpha value is -2.12. The molecule has 0 spiro atoms. The van der Waals surface area contributed by atoms with Crippen molar-refractivity contribution in [2.24, 2.45) is 5.11 Å². The minimum Gasteiger partial charge on any atom is -0.477 e. The van der Waals surface area contributed by atoms with Crippen molar-refractivity contribution < 1.29 is 20.1 Å². The van der Waals surface area contributed by atoms with E-state index in [1.807, 2.05) is 0 Å². The van der Waals surface area contributed by atoms with Gasteiger partial charge in [-0.05, 0) is 28.6 Å². The second-order valence-electron chi connectivity index (χ2n) is 4.10. The first-order chi connectivity index (χ1) is 9.54. The molecule has 104 valence electrons. The second-order valence-corrected chi connectivity index (χ2v) is 5.18. The Balaban J connectivity index is 2.43. The Kier molecular flexibility index (Phi) is 4.21. The van der Waals surface area contributed by atoms with Gasteiger partial charge in [0, 0.05) is 9.61 Å².